The van der Waals surface area contributed by atoms with E-state index in [1.54, 1.807) is 0 Å². The van der Waals surface area contributed by atoms with E-state index in [2.05, 4.69) is 5.32 Å². The van der Waals surface area contributed by atoms with Crippen LogP contribution in [0, 0.1) is 5.92 Å². The molecule has 2 rings (SSSR count). The fourth-order valence-electron chi connectivity index (χ4n) is 1.57. The molecule has 1 saturated carbocycles. The molecule has 1 amide bonds. The van der Waals surface area contributed by atoms with Crippen LogP contribution in [0.4, 0.5) is 5.69 Å². The number of amides is 1. The van der Waals surface area contributed by atoms with Crippen molar-refractivity contribution < 1.29 is 14.3 Å². The summed E-state index contributed by atoms with van der Waals surface area (Å²) >= 11 is 0. The van der Waals surface area contributed by atoms with Gasteiger partial charge in [0.25, 0.3) is 0 Å². The van der Waals surface area contributed by atoms with Crippen LogP contribution in [0.5, 0.6) is 5.75 Å². The van der Waals surface area contributed by atoms with E-state index < -0.39 is 0 Å². The first-order chi connectivity index (χ1) is 8.79. The molecular weight excluding hydrogens is 230 g/mol. The van der Waals surface area contributed by atoms with Crippen LogP contribution in [-0.2, 0) is 9.53 Å². The van der Waals surface area contributed by atoms with Crippen LogP contribution >= 0.6 is 0 Å². The first-order valence-electron chi connectivity index (χ1n) is 6.39. The van der Waals surface area contributed by atoms with E-state index in [9.17, 15) is 4.79 Å². The number of ether oxygens (including phenoxy) is 2. The second-order valence-electron chi connectivity index (χ2n) is 4.44. The zero-order valence-corrected chi connectivity index (χ0v) is 10.6. The maximum absolute atomic E-state index is 11.6. The third-order valence-electron chi connectivity index (χ3n) is 2.77. The minimum Gasteiger partial charge on any atom is -0.491 e. The molecular formula is C14H19NO3. The van der Waals surface area contributed by atoms with E-state index in [0.29, 0.717) is 18.2 Å². The van der Waals surface area contributed by atoms with Crippen molar-refractivity contribution in [3.63, 3.8) is 0 Å². The second kappa shape index (κ2) is 6.40. The summed E-state index contributed by atoms with van der Waals surface area (Å²) in [5.74, 6) is 1.27. The van der Waals surface area contributed by atoms with Crippen LogP contribution in [0.15, 0.2) is 24.3 Å². The highest BCUT2D eigenvalue weighted by Crippen LogP contribution is 2.31. The average molecular weight is 249 g/mol. The first-order valence-corrected chi connectivity index (χ1v) is 6.39. The summed E-state index contributed by atoms with van der Waals surface area (Å²) in [5, 5.41) is 2.80. The lowest BCUT2D eigenvalue weighted by Crippen LogP contribution is -2.18. The molecule has 0 spiro atoms. The highest BCUT2D eigenvalue weighted by molar-refractivity contribution is 5.93. The van der Waals surface area contributed by atoms with Gasteiger partial charge in [0.15, 0.2) is 0 Å². The Bertz CT molecular complexity index is 402. The molecule has 1 fully saturated rings. The second-order valence-corrected chi connectivity index (χ2v) is 4.44. The van der Waals surface area contributed by atoms with Crippen LogP contribution in [0.1, 0.15) is 19.8 Å². The predicted octanol–water partition coefficient (Wildman–Crippen LogP) is 2.45. The zero-order chi connectivity index (χ0) is 12.8. The van der Waals surface area contributed by atoms with E-state index in [1.165, 1.54) is 12.8 Å². The molecule has 0 radical (unpaired) electrons. The average Bonchev–Trinajstić information content (AvgIpc) is 3.19. The van der Waals surface area contributed by atoms with Gasteiger partial charge in [0, 0.05) is 6.61 Å². The standard InChI is InChI=1S/C14H19NO3/c1-2-17-10-14(16)15-12-5-3-4-6-13(12)18-9-11-7-8-11/h3-6,11H,2,7-10H2,1H3,(H,15,16). The molecule has 1 aromatic rings. The molecule has 98 valence electrons. The number of hydrogen-bond donors (Lipinski definition) is 1. The number of benzene rings is 1. The summed E-state index contributed by atoms with van der Waals surface area (Å²) in [7, 11) is 0. The Hall–Kier alpha value is -1.55. The van der Waals surface area contributed by atoms with Crippen molar-refractivity contribution in [2.24, 2.45) is 5.92 Å². The van der Waals surface area contributed by atoms with Gasteiger partial charge in [-0.15, -0.1) is 0 Å². The summed E-state index contributed by atoms with van der Waals surface area (Å²) < 4.78 is 10.8. The minimum absolute atomic E-state index is 0.0768. The van der Waals surface area contributed by atoms with Gasteiger partial charge < -0.3 is 14.8 Å². The molecule has 1 aliphatic rings. The number of anilines is 1. The predicted molar refractivity (Wildman–Crippen MR) is 69.8 cm³/mol. The van der Waals surface area contributed by atoms with Crippen molar-refractivity contribution in [3.05, 3.63) is 24.3 Å². The van der Waals surface area contributed by atoms with E-state index in [4.69, 9.17) is 9.47 Å². The van der Waals surface area contributed by atoms with E-state index in [1.807, 2.05) is 31.2 Å². The molecule has 0 aliphatic heterocycles. The van der Waals surface area contributed by atoms with Gasteiger partial charge in [0.2, 0.25) is 5.91 Å². The summed E-state index contributed by atoms with van der Waals surface area (Å²) in [6.45, 7) is 3.21. The van der Waals surface area contributed by atoms with Crippen molar-refractivity contribution >= 4 is 11.6 Å². The molecule has 18 heavy (non-hydrogen) atoms. The third kappa shape index (κ3) is 4.04. The molecule has 4 heteroatoms. The molecule has 0 aromatic heterocycles. The van der Waals surface area contributed by atoms with E-state index >= 15 is 0 Å². The lowest BCUT2D eigenvalue weighted by molar-refractivity contribution is -0.120. The van der Waals surface area contributed by atoms with Gasteiger partial charge in [-0.2, -0.15) is 0 Å². The Labute approximate surface area is 107 Å². The molecule has 1 aliphatic carbocycles. The van der Waals surface area contributed by atoms with Crippen LogP contribution in [0.25, 0.3) is 0 Å². The van der Waals surface area contributed by atoms with Crippen molar-refractivity contribution in [2.75, 3.05) is 25.1 Å². The van der Waals surface area contributed by atoms with Crippen LogP contribution in [-0.4, -0.2) is 25.7 Å². The highest BCUT2D eigenvalue weighted by Gasteiger charge is 2.22. The smallest absolute Gasteiger partial charge is 0.250 e. The number of carbonyl (C=O) groups excluding carboxylic acids is 1. The van der Waals surface area contributed by atoms with Gasteiger partial charge in [-0.25, -0.2) is 0 Å². The van der Waals surface area contributed by atoms with Crippen molar-refractivity contribution in [2.45, 2.75) is 19.8 Å². The van der Waals surface area contributed by atoms with Gasteiger partial charge in [-0.1, -0.05) is 12.1 Å². The summed E-state index contributed by atoms with van der Waals surface area (Å²) in [6.07, 6.45) is 2.50. The Morgan fingerprint density at radius 3 is 2.89 bits per heavy atom. The molecule has 0 heterocycles. The highest BCUT2D eigenvalue weighted by atomic mass is 16.5. The Morgan fingerprint density at radius 2 is 2.17 bits per heavy atom. The molecule has 0 unspecified atom stereocenters. The van der Waals surface area contributed by atoms with Gasteiger partial charge in [0.05, 0.1) is 12.3 Å². The maximum atomic E-state index is 11.6. The number of hydrogen-bond acceptors (Lipinski definition) is 3. The lowest BCUT2D eigenvalue weighted by Gasteiger charge is -2.12. The molecule has 1 aromatic carbocycles. The van der Waals surface area contributed by atoms with Gasteiger partial charge >= 0.3 is 0 Å². The SMILES string of the molecule is CCOCC(=O)Nc1ccccc1OCC1CC1. The number of rotatable bonds is 7. The van der Waals surface area contributed by atoms with Gasteiger partial charge in [-0.3, -0.25) is 4.79 Å². The quantitative estimate of drug-likeness (QED) is 0.807. The van der Waals surface area contributed by atoms with E-state index in [-0.39, 0.29) is 12.5 Å². The normalized spacial score (nSPS) is 14.3. The number of para-hydroxylation sites is 2. The topological polar surface area (TPSA) is 47.6 Å². The van der Waals surface area contributed by atoms with Crippen molar-refractivity contribution in [1.29, 1.82) is 0 Å². The Morgan fingerprint density at radius 1 is 1.39 bits per heavy atom. The molecule has 0 bridgehead atoms. The van der Waals surface area contributed by atoms with E-state index in [0.717, 1.165) is 12.4 Å². The van der Waals surface area contributed by atoms with Crippen LogP contribution in [0.2, 0.25) is 0 Å². The summed E-state index contributed by atoms with van der Waals surface area (Å²) in [5.41, 5.74) is 0.711. The molecule has 4 nitrogen and oxygen atoms in total. The Kier molecular flexibility index (Phi) is 4.59. The number of nitrogens with one attached hydrogen (secondary N) is 1. The van der Waals surface area contributed by atoms with Crippen LogP contribution < -0.4 is 10.1 Å². The van der Waals surface area contributed by atoms with Gasteiger partial charge in [0.1, 0.15) is 12.4 Å². The monoisotopic (exact) mass is 249 g/mol. The Balaban J connectivity index is 1.90. The lowest BCUT2D eigenvalue weighted by atomic mass is 10.3. The third-order valence-corrected chi connectivity index (χ3v) is 2.77. The zero-order valence-electron chi connectivity index (χ0n) is 10.6. The molecule has 0 atom stereocenters. The van der Waals surface area contributed by atoms with Crippen molar-refractivity contribution in [3.8, 4) is 5.75 Å². The maximum Gasteiger partial charge on any atom is 0.250 e. The summed E-state index contributed by atoms with van der Waals surface area (Å²) in [6, 6.07) is 7.49. The first kappa shape index (κ1) is 12.9. The van der Waals surface area contributed by atoms with Crippen molar-refractivity contribution in [1.82, 2.24) is 0 Å². The van der Waals surface area contributed by atoms with Crippen LogP contribution in [0.3, 0.4) is 0 Å². The summed E-state index contributed by atoms with van der Waals surface area (Å²) in [4.78, 5) is 11.6. The largest absolute Gasteiger partial charge is 0.491 e. The minimum atomic E-state index is -0.153. The molecule has 1 N–H and O–H groups in total. The molecule has 0 saturated heterocycles. The fraction of sp³-hybridized carbons (Fsp3) is 0.500. The van der Waals surface area contributed by atoms with Gasteiger partial charge in [-0.05, 0) is 37.8 Å². The fourth-order valence-corrected chi connectivity index (χ4v) is 1.57. The number of carbonyl (C=O) groups is 1.